The fourth-order valence-corrected chi connectivity index (χ4v) is 1.24. The molecule has 1 aromatic carbocycles. The first-order chi connectivity index (χ1) is 6.11. The Labute approximate surface area is 78.8 Å². The highest BCUT2D eigenvalue weighted by Crippen LogP contribution is 2.19. The number of hydrogen-bond donors (Lipinski definition) is 2. The van der Waals surface area contributed by atoms with E-state index in [1.165, 1.54) is 0 Å². The van der Waals surface area contributed by atoms with Gasteiger partial charge in [-0.1, -0.05) is 12.1 Å². The molecule has 0 amide bonds. The molecule has 0 saturated carbocycles. The second-order valence-corrected chi connectivity index (χ2v) is 3.29. The Balaban J connectivity index is 2.71. The minimum atomic E-state index is 0.358. The Morgan fingerprint density at radius 3 is 2.77 bits per heavy atom. The molecule has 0 atom stereocenters. The molecule has 0 aliphatic carbocycles. The molecule has 0 saturated heterocycles. The van der Waals surface area contributed by atoms with Crippen LogP contribution >= 0.6 is 0 Å². The van der Waals surface area contributed by atoms with Crippen molar-refractivity contribution in [2.24, 2.45) is 5.84 Å². The molecule has 0 fully saturated rings. The molecule has 1 aromatic rings. The third-order valence-electron chi connectivity index (χ3n) is 2.15. The third kappa shape index (κ3) is 2.72. The SMILES string of the molecule is Cc1c(O)cccc1CCN(C)N. The van der Waals surface area contributed by atoms with Gasteiger partial charge in [-0.25, -0.2) is 5.01 Å². The number of phenols is 1. The number of hydrazine groups is 1. The smallest absolute Gasteiger partial charge is 0.118 e. The number of rotatable bonds is 3. The highest BCUT2D eigenvalue weighted by Gasteiger charge is 2.02. The summed E-state index contributed by atoms with van der Waals surface area (Å²) in [5.74, 6) is 5.86. The van der Waals surface area contributed by atoms with E-state index in [9.17, 15) is 5.11 Å². The van der Waals surface area contributed by atoms with Gasteiger partial charge in [0.25, 0.3) is 0 Å². The van der Waals surface area contributed by atoms with Gasteiger partial charge in [0.15, 0.2) is 0 Å². The van der Waals surface area contributed by atoms with Gasteiger partial charge in [-0.3, -0.25) is 5.84 Å². The average molecular weight is 180 g/mol. The molecule has 0 aliphatic heterocycles. The topological polar surface area (TPSA) is 49.5 Å². The number of phenolic OH excluding ortho intramolecular Hbond substituents is 1. The predicted octanol–water partition coefficient (Wildman–Crippen LogP) is 1.05. The maximum atomic E-state index is 9.42. The van der Waals surface area contributed by atoms with E-state index >= 15 is 0 Å². The monoisotopic (exact) mass is 180 g/mol. The third-order valence-corrected chi connectivity index (χ3v) is 2.15. The molecular formula is C10H16N2O. The summed E-state index contributed by atoms with van der Waals surface area (Å²) < 4.78 is 0. The van der Waals surface area contributed by atoms with Crippen LogP contribution in [0, 0.1) is 6.92 Å². The summed E-state index contributed by atoms with van der Waals surface area (Å²) in [7, 11) is 1.83. The van der Waals surface area contributed by atoms with Crippen molar-refractivity contribution in [3.8, 4) is 5.75 Å². The summed E-state index contributed by atoms with van der Waals surface area (Å²) in [4.78, 5) is 0. The van der Waals surface area contributed by atoms with Crippen LogP contribution < -0.4 is 5.84 Å². The van der Waals surface area contributed by atoms with Crippen LogP contribution in [0.25, 0.3) is 0 Å². The van der Waals surface area contributed by atoms with E-state index in [1.807, 2.05) is 26.1 Å². The maximum Gasteiger partial charge on any atom is 0.118 e. The number of nitrogens with zero attached hydrogens (tertiary/aromatic N) is 1. The van der Waals surface area contributed by atoms with Crippen molar-refractivity contribution in [1.29, 1.82) is 0 Å². The van der Waals surface area contributed by atoms with Crippen LogP contribution in [0.2, 0.25) is 0 Å². The van der Waals surface area contributed by atoms with E-state index in [4.69, 9.17) is 5.84 Å². The van der Waals surface area contributed by atoms with Gasteiger partial charge >= 0.3 is 0 Å². The number of likely N-dealkylation sites (N-methyl/N-ethyl adjacent to an activating group) is 1. The van der Waals surface area contributed by atoms with Crippen LogP contribution in [0.1, 0.15) is 11.1 Å². The van der Waals surface area contributed by atoms with E-state index in [1.54, 1.807) is 11.1 Å². The Hall–Kier alpha value is -1.06. The molecular weight excluding hydrogens is 164 g/mol. The van der Waals surface area contributed by atoms with Gasteiger partial charge in [0.05, 0.1) is 0 Å². The first-order valence-corrected chi connectivity index (χ1v) is 4.34. The zero-order valence-corrected chi connectivity index (χ0v) is 8.12. The van der Waals surface area contributed by atoms with E-state index in [0.717, 1.165) is 24.1 Å². The summed E-state index contributed by atoms with van der Waals surface area (Å²) in [6.07, 6.45) is 0.868. The van der Waals surface area contributed by atoms with Gasteiger partial charge in [0.2, 0.25) is 0 Å². The van der Waals surface area contributed by atoms with Crippen molar-refractivity contribution >= 4 is 0 Å². The normalized spacial score (nSPS) is 10.8. The van der Waals surface area contributed by atoms with Crippen molar-refractivity contribution in [3.05, 3.63) is 29.3 Å². The zero-order valence-electron chi connectivity index (χ0n) is 8.12. The highest BCUT2D eigenvalue weighted by molar-refractivity contribution is 5.38. The molecule has 0 bridgehead atoms. The molecule has 0 heterocycles. The van der Waals surface area contributed by atoms with Crippen LogP contribution in [0.5, 0.6) is 5.75 Å². The zero-order chi connectivity index (χ0) is 9.84. The molecule has 3 N–H and O–H groups in total. The standard InChI is InChI=1S/C10H16N2O/c1-8-9(6-7-12(2)11)4-3-5-10(8)13/h3-5,13H,6-7,11H2,1-2H3. The molecule has 3 heteroatoms. The van der Waals surface area contributed by atoms with E-state index in [2.05, 4.69) is 0 Å². The predicted molar refractivity (Wildman–Crippen MR) is 53.4 cm³/mol. The van der Waals surface area contributed by atoms with Crippen molar-refractivity contribution < 1.29 is 5.11 Å². The molecule has 3 nitrogen and oxygen atoms in total. The van der Waals surface area contributed by atoms with Gasteiger partial charge < -0.3 is 5.11 Å². The van der Waals surface area contributed by atoms with Gasteiger partial charge in [0.1, 0.15) is 5.75 Å². The van der Waals surface area contributed by atoms with Crippen LogP contribution in [0.3, 0.4) is 0 Å². The van der Waals surface area contributed by atoms with Crippen molar-refractivity contribution in [2.75, 3.05) is 13.6 Å². The lowest BCUT2D eigenvalue weighted by molar-refractivity contribution is 0.353. The maximum absolute atomic E-state index is 9.42. The lowest BCUT2D eigenvalue weighted by Crippen LogP contribution is -2.28. The van der Waals surface area contributed by atoms with Crippen molar-refractivity contribution in [3.63, 3.8) is 0 Å². The Morgan fingerprint density at radius 1 is 1.46 bits per heavy atom. The van der Waals surface area contributed by atoms with Crippen LogP contribution in [0.15, 0.2) is 18.2 Å². The number of hydrogen-bond acceptors (Lipinski definition) is 3. The quantitative estimate of drug-likeness (QED) is 0.540. The molecule has 1 rings (SSSR count). The summed E-state index contributed by atoms with van der Waals surface area (Å²) in [6.45, 7) is 2.71. The Bertz CT molecular complexity index is 284. The highest BCUT2D eigenvalue weighted by atomic mass is 16.3. The van der Waals surface area contributed by atoms with Gasteiger partial charge in [-0.2, -0.15) is 0 Å². The summed E-state index contributed by atoms with van der Waals surface area (Å²) in [5.41, 5.74) is 2.10. The van der Waals surface area contributed by atoms with Crippen molar-refractivity contribution in [2.45, 2.75) is 13.3 Å². The second-order valence-electron chi connectivity index (χ2n) is 3.29. The molecule has 13 heavy (non-hydrogen) atoms. The van der Waals surface area contributed by atoms with Gasteiger partial charge in [0, 0.05) is 13.6 Å². The Kier molecular flexibility index (Phi) is 3.28. The lowest BCUT2D eigenvalue weighted by Gasteiger charge is -2.11. The van der Waals surface area contributed by atoms with E-state index in [0.29, 0.717) is 5.75 Å². The largest absolute Gasteiger partial charge is 0.508 e. The van der Waals surface area contributed by atoms with Crippen LogP contribution in [-0.4, -0.2) is 23.7 Å². The minimum Gasteiger partial charge on any atom is -0.508 e. The van der Waals surface area contributed by atoms with E-state index in [-0.39, 0.29) is 0 Å². The molecule has 0 aromatic heterocycles. The molecule has 0 unspecified atom stereocenters. The van der Waals surface area contributed by atoms with Crippen LogP contribution in [0.4, 0.5) is 0 Å². The van der Waals surface area contributed by atoms with E-state index < -0.39 is 0 Å². The minimum absolute atomic E-state index is 0.358. The second kappa shape index (κ2) is 4.25. The Morgan fingerprint density at radius 2 is 2.15 bits per heavy atom. The molecule has 72 valence electrons. The summed E-state index contributed by atoms with van der Waals surface area (Å²) in [6, 6.07) is 5.57. The number of nitrogens with two attached hydrogens (primary N) is 1. The first kappa shape index (κ1) is 10.0. The lowest BCUT2D eigenvalue weighted by atomic mass is 10.1. The van der Waals surface area contributed by atoms with Gasteiger partial charge in [-0.05, 0) is 30.5 Å². The molecule has 0 spiro atoms. The number of benzene rings is 1. The molecule has 0 aliphatic rings. The molecule has 0 radical (unpaired) electrons. The van der Waals surface area contributed by atoms with Crippen molar-refractivity contribution in [1.82, 2.24) is 5.01 Å². The fourth-order valence-electron chi connectivity index (χ4n) is 1.24. The fraction of sp³-hybridized carbons (Fsp3) is 0.400. The van der Waals surface area contributed by atoms with Gasteiger partial charge in [-0.15, -0.1) is 0 Å². The summed E-state index contributed by atoms with van der Waals surface area (Å²) in [5, 5.41) is 11.1. The summed E-state index contributed by atoms with van der Waals surface area (Å²) >= 11 is 0. The first-order valence-electron chi connectivity index (χ1n) is 4.34. The average Bonchev–Trinajstić information content (AvgIpc) is 2.07. The number of aromatic hydroxyl groups is 1. The van der Waals surface area contributed by atoms with Crippen LogP contribution in [-0.2, 0) is 6.42 Å².